The Kier molecular flexibility index (Phi) is 8.24. The number of ether oxygens (including phenoxy) is 1. The third-order valence-corrected chi connectivity index (χ3v) is 6.34. The average molecular weight is 417 g/mol. The Bertz CT molecular complexity index is 720. The third kappa shape index (κ3) is 5.80. The summed E-state index contributed by atoms with van der Waals surface area (Å²) in [5.74, 6) is -0.153. The number of likely N-dealkylation sites (tertiary alicyclic amines) is 1. The molecule has 0 bridgehead atoms. The van der Waals surface area contributed by atoms with E-state index in [0.29, 0.717) is 26.1 Å². The fourth-order valence-corrected chi connectivity index (χ4v) is 4.62. The number of rotatable bonds is 8. The van der Waals surface area contributed by atoms with Crippen molar-refractivity contribution in [3.63, 3.8) is 0 Å². The molecule has 0 aliphatic carbocycles. The molecule has 2 aliphatic heterocycles. The van der Waals surface area contributed by atoms with E-state index in [0.717, 1.165) is 39.0 Å². The lowest BCUT2D eigenvalue weighted by atomic mass is 9.93. The van der Waals surface area contributed by atoms with Crippen molar-refractivity contribution in [1.29, 1.82) is 0 Å². The van der Waals surface area contributed by atoms with Gasteiger partial charge in [-0.25, -0.2) is 0 Å². The number of hydrogen-bond donors (Lipinski definition) is 2. The highest BCUT2D eigenvalue weighted by atomic mass is 16.5. The summed E-state index contributed by atoms with van der Waals surface area (Å²) in [4.78, 5) is 29.1. The van der Waals surface area contributed by atoms with Gasteiger partial charge in [0, 0.05) is 52.3 Å². The van der Waals surface area contributed by atoms with Gasteiger partial charge >= 0.3 is 0 Å². The molecule has 3 atom stereocenters. The fraction of sp³-hybridized carbons (Fsp3) is 0.652. The second kappa shape index (κ2) is 10.9. The van der Waals surface area contributed by atoms with Crippen molar-refractivity contribution in [1.82, 2.24) is 15.1 Å². The molecule has 1 aromatic rings. The Morgan fingerprint density at radius 3 is 2.77 bits per heavy atom. The summed E-state index contributed by atoms with van der Waals surface area (Å²) >= 11 is 0. The summed E-state index contributed by atoms with van der Waals surface area (Å²) in [5, 5.41) is 2.88. The molecular formula is C23H36N4O3. The van der Waals surface area contributed by atoms with Gasteiger partial charge in [0.15, 0.2) is 0 Å². The lowest BCUT2D eigenvalue weighted by molar-refractivity contribution is -0.142. The molecule has 0 radical (unpaired) electrons. The number of nitrogens with zero attached hydrogens (tertiary/aromatic N) is 2. The van der Waals surface area contributed by atoms with Crippen LogP contribution >= 0.6 is 0 Å². The van der Waals surface area contributed by atoms with Crippen LogP contribution in [0.5, 0.6) is 0 Å². The Hall–Kier alpha value is -1.96. The molecule has 30 heavy (non-hydrogen) atoms. The zero-order valence-electron chi connectivity index (χ0n) is 18.3. The molecule has 3 rings (SSSR count). The van der Waals surface area contributed by atoms with Gasteiger partial charge in [-0.1, -0.05) is 24.3 Å². The first-order valence-electron chi connectivity index (χ1n) is 11.1. The molecule has 7 heteroatoms. The van der Waals surface area contributed by atoms with Gasteiger partial charge in [-0.05, 0) is 43.7 Å². The number of nitrogens with one attached hydrogen (secondary N) is 1. The van der Waals surface area contributed by atoms with Crippen LogP contribution in [0, 0.1) is 6.92 Å². The predicted molar refractivity (Wildman–Crippen MR) is 117 cm³/mol. The minimum Gasteiger partial charge on any atom is -0.377 e. The van der Waals surface area contributed by atoms with Gasteiger partial charge in [0.05, 0.1) is 6.10 Å². The summed E-state index contributed by atoms with van der Waals surface area (Å²) < 4.78 is 5.93. The monoisotopic (exact) mass is 416 g/mol. The van der Waals surface area contributed by atoms with Crippen LogP contribution in [0.4, 0.5) is 0 Å². The molecule has 2 unspecified atom stereocenters. The smallest absolute Gasteiger partial charge is 0.242 e. The lowest BCUT2D eigenvalue weighted by Crippen LogP contribution is -2.57. The molecule has 2 amide bonds. The van der Waals surface area contributed by atoms with Crippen LogP contribution in [-0.4, -0.2) is 72.6 Å². The van der Waals surface area contributed by atoms with Crippen molar-refractivity contribution in [3.8, 4) is 0 Å². The van der Waals surface area contributed by atoms with Crippen LogP contribution in [-0.2, 0) is 20.9 Å². The number of amides is 2. The largest absolute Gasteiger partial charge is 0.377 e. The summed E-state index contributed by atoms with van der Waals surface area (Å²) in [7, 11) is 0. The molecule has 7 nitrogen and oxygen atoms in total. The quantitative estimate of drug-likeness (QED) is 0.669. The molecule has 0 aromatic heterocycles. The van der Waals surface area contributed by atoms with Gasteiger partial charge in [-0.15, -0.1) is 0 Å². The van der Waals surface area contributed by atoms with Gasteiger partial charge in [-0.3, -0.25) is 14.5 Å². The SMILES string of the molecule is CC(=O)N1CCC(N(Cc2ccccc2C)CC2CCCO2)C[C@@H]1C(=O)NCCN. The van der Waals surface area contributed by atoms with Gasteiger partial charge in [0.1, 0.15) is 6.04 Å². The molecule has 0 spiro atoms. The lowest BCUT2D eigenvalue weighted by Gasteiger charge is -2.43. The van der Waals surface area contributed by atoms with Crippen LogP contribution in [0.25, 0.3) is 0 Å². The van der Waals surface area contributed by atoms with Gasteiger partial charge in [0.2, 0.25) is 11.8 Å². The highest BCUT2D eigenvalue weighted by Gasteiger charge is 2.37. The zero-order valence-corrected chi connectivity index (χ0v) is 18.3. The molecule has 0 saturated carbocycles. The minimum absolute atomic E-state index is 0.0501. The first kappa shape index (κ1) is 22.7. The molecule has 3 N–H and O–H groups in total. The van der Waals surface area contributed by atoms with E-state index in [1.54, 1.807) is 11.8 Å². The zero-order chi connectivity index (χ0) is 21.5. The van der Waals surface area contributed by atoms with E-state index in [2.05, 4.69) is 41.4 Å². The fourth-order valence-electron chi connectivity index (χ4n) is 4.62. The second-order valence-electron chi connectivity index (χ2n) is 8.48. The standard InChI is InChI=1S/C23H36N4O3/c1-17-6-3-4-7-19(17)15-26(16-21-8-5-13-30-21)20-9-12-27(18(2)28)22(14-20)23(29)25-11-10-24/h3-4,6-7,20-22H,5,8-16,24H2,1-2H3,(H,25,29)/t20?,21?,22-/m1/s1. The summed E-state index contributed by atoms with van der Waals surface area (Å²) in [6.45, 7) is 7.61. The molecule has 166 valence electrons. The van der Waals surface area contributed by atoms with E-state index in [-0.39, 0.29) is 24.0 Å². The number of hydrogen-bond acceptors (Lipinski definition) is 5. The van der Waals surface area contributed by atoms with Crippen molar-refractivity contribution < 1.29 is 14.3 Å². The average Bonchev–Trinajstić information content (AvgIpc) is 3.25. The van der Waals surface area contributed by atoms with Crippen molar-refractivity contribution >= 4 is 11.8 Å². The first-order valence-corrected chi connectivity index (χ1v) is 11.1. The van der Waals surface area contributed by atoms with E-state index >= 15 is 0 Å². The molecule has 2 saturated heterocycles. The summed E-state index contributed by atoms with van der Waals surface area (Å²) in [6, 6.07) is 8.23. The highest BCUT2D eigenvalue weighted by molar-refractivity contribution is 5.87. The molecule has 2 aliphatic rings. The number of carbonyl (C=O) groups excluding carboxylic acids is 2. The van der Waals surface area contributed by atoms with E-state index in [1.807, 2.05) is 0 Å². The van der Waals surface area contributed by atoms with Crippen molar-refractivity contribution in [2.45, 2.75) is 64.3 Å². The molecular weight excluding hydrogens is 380 g/mol. The first-order chi connectivity index (χ1) is 14.5. The van der Waals surface area contributed by atoms with E-state index in [9.17, 15) is 9.59 Å². The van der Waals surface area contributed by atoms with Crippen LogP contribution in [0.1, 0.15) is 43.7 Å². The van der Waals surface area contributed by atoms with E-state index in [1.165, 1.54) is 11.1 Å². The number of aryl methyl sites for hydroxylation is 1. The molecule has 2 heterocycles. The second-order valence-corrected chi connectivity index (χ2v) is 8.48. The maximum Gasteiger partial charge on any atom is 0.242 e. The molecule has 2 fully saturated rings. The van der Waals surface area contributed by atoms with E-state index < -0.39 is 6.04 Å². The number of nitrogens with two attached hydrogens (primary N) is 1. The predicted octanol–water partition coefficient (Wildman–Crippen LogP) is 1.43. The van der Waals surface area contributed by atoms with Crippen LogP contribution in [0.2, 0.25) is 0 Å². The minimum atomic E-state index is -0.448. The maximum atomic E-state index is 12.8. The summed E-state index contributed by atoms with van der Waals surface area (Å²) in [5.41, 5.74) is 8.12. The van der Waals surface area contributed by atoms with Crippen LogP contribution in [0.15, 0.2) is 24.3 Å². The van der Waals surface area contributed by atoms with Crippen molar-refractivity contribution in [2.75, 3.05) is 32.8 Å². The Morgan fingerprint density at radius 1 is 1.30 bits per heavy atom. The van der Waals surface area contributed by atoms with Gasteiger partial charge in [0.25, 0.3) is 0 Å². The van der Waals surface area contributed by atoms with E-state index in [4.69, 9.17) is 10.5 Å². The Labute approximate surface area is 179 Å². The summed E-state index contributed by atoms with van der Waals surface area (Å²) in [6.07, 6.45) is 3.92. The number of piperidine rings is 1. The maximum absolute atomic E-state index is 12.8. The van der Waals surface area contributed by atoms with Gasteiger partial charge < -0.3 is 20.7 Å². The Balaban J connectivity index is 1.77. The third-order valence-electron chi connectivity index (χ3n) is 6.34. The number of benzene rings is 1. The molecule has 1 aromatic carbocycles. The van der Waals surface area contributed by atoms with Gasteiger partial charge in [-0.2, -0.15) is 0 Å². The van der Waals surface area contributed by atoms with Crippen LogP contribution in [0.3, 0.4) is 0 Å². The van der Waals surface area contributed by atoms with Crippen molar-refractivity contribution in [3.05, 3.63) is 35.4 Å². The topological polar surface area (TPSA) is 87.9 Å². The Morgan fingerprint density at radius 2 is 2.10 bits per heavy atom. The van der Waals surface area contributed by atoms with Crippen molar-refractivity contribution in [2.24, 2.45) is 5.73 Å². The van der Waals surface area contributed by atoms with Crippen LogP contribution < -0.4 is 11.1 Å². The number of carbonyl (C=O) groups is 2. The normalized spacial score (nSPS) is 24.3. The highest BCUT2D eigenvalue weighted by Crippen LogP contribution is 2.26.